The number of benzene rings is 3. The molecule has 2 heterocycles. The summed E-state index contributed by atoms with van der Waals surface area (Å²) in [6.07, 6.45) is -1.02. The van der Waals surface area contributed by atoms with Crippen molar-refractivity contribution in [2.75, 3.05) is 62.8 Å². The summed E-state index contributed by atoms with van der Waals surface area (Å²) in [5.41, 5.74) is 3.07. The third-order valence-corrected chi connectivity index (χ3v) is 8.95. The lowest BCUT2D eigenvalue weighted by Gasteiger charge is -2.37. The molecule has 1 atom stereocenters. The predicted octanol–water partition coefficient (Wildman–Crippen LogP) is 6.20. The van der Waals surface area contributed by atoms with E-state index in [0.717, 1.165) is 29.8 Å². The highest BCUT2D eigenvalue weighted by Crippen LogP contribution is 2.39. The molecule has 3 aromatic carbocycles. The summed E-state index contributed by atoms with van der Waals surface area (Å²) in [4.78, 5) is 45.5. The molecule has 3 amide bonds. The van der Waals surface area contributed by atoms with Crippen molar-refractivity contribution < 1.29 is 29.0 Å². The van der Waals surface area contributed by atoms with Gasteiger partial charge in [0, 0.05) is 44.0 Å². The summed E-state index contributed by atoms with van der Waals surface area (Å²) >= 11 is 12.4. The van der Waals surface area contributed by atoms with Crippen LogP contribution < -0.4 is 14.5 Å². The van der Waals surface area contributed by atoms with Crippen LogP contribution in [0.2, 0.25) is 10.0 Å². The molecule has 1 unspecified atom stereocenters. The van der Waals surface area contributed by atoms with E-state index in [1.807, 2.05) is 63.2 Å². The van der Waals surface area contributed by atoms with Crippen molar-refractivity contribution in [2.45, 2.75) is 32.4 Å². The Balaban J connectivity index is 1.41. The van der Waals surface area contributed by atoms with Gasteiger partial charge in [0.2, 0.25) is 5.91 Å². The van der Waals surface area contributed by atoms with Gasteiger partial charge < -0.3 is 19.5 Å². The van der Waals surface area contributed by atoms with Crippen molar-refractivity contribution in [1.29, 1.82) is 0 Å². The van der Waals surface area contributed by atoms with E-state index in [9.17, 15) is 19.5 Å². The van der Waals surface area contributed by atoms with Crippen molar-refractivity contribution in [1.82, 2.24) is 9.80 Å². The number of likely N-dealkylation sites (N-methyl/N-ethyl adjacent to an activating group) is 1. The molecule has 12 heteroatoms. The van der Waals surface area contributed by atoms with Crippen LogP contribution in [0, 0.1) is 0 Å². The van der Waals surface area contributed by atoms with Crippen LogP contribution in [0.15, 0.2) is 60.7 Å². The van der Waals surface area contributed by atoms with Gasteiger partial charge in [-0.15, -0.1) is 0 Å². The third-order valence-electron chi connectivity index (χ3n) is 8.23. The molecule has 0 saturated carbocycles. The largest absolute Gasteiger partial charge is 0.482 e. The number of carbonyl (C=O) groups is 3. The monoisotopic (exact) mass is 668 g/mol. The smallest absolute Gasteiger partial charge is 0.412 e. The first-order valence-electron chi connectivity index (χ1n) is 15.0. The Hall–Kier alpha value is -3.83. The highest BCUT2D eigenvalue weighted by atomic mass is 35.5. The fourth-order valence-electron chi connectivity index (χ4n) is 5.78. The van der Waals surface area contributed by atoms with E-state index in [2.05, 4.69) is 4.90 Å². The number of fused-ring (bicyclic) bond motifs is 1. The first-order valence-corrected chi connectivity index (χ1v) is 15.8. The molecule has 1 N–H and O–H groups in total. The van der Waals surface area contributed by atoms with Gasteiger partial charge in [-0.25, -0.2) is 4.79 Å². The summed E-state index contributed by atoms with van der Waals surface area (Å²) in [6, 6.07) is 18.2. The summed E-state index contributed by atoms with van der Waals surface area (Å²) in [7, 11) is 1.75. The van der Waals surface area contributed by atoms with Gasteiger partial charge in [0.1, 0.15) is 12.3 Å². The SMILES string of the molecule is CN(C(=O)CN1C(=O)COc2cc(Cl)c(Cl)cc21)C(CN1CCOCC1)c1ccc(-c2cccc(N(C(=O)O)C(C)(C)C)c2)cc1. The molecule has 2 aliphatic rings. The average Bonchev–Trinajstić information content (AvgIpc) is 3.02. The maximum absolute atomic E-state index is 13.8. The number of anilines is 2. The van der Waals surface area contributed by atoms with E-state index in [1.54, 1.807) is 30.1 Å². The Kier molecular flexibility index (Phi) is 10.1. The number of hydrogen-bond acceptors (Lipinski definition) is 6. The second kappa shape index (κ2) is 13.9. The molecule has 46 heavy (non-hydrogen) atoms. The van der Waals surface area contributed by atoms with Crippen LogP contribution in [0.1, 0.15) is 32.4 Å². The maximum atomic E-state index is 13.8. The fourth-order valence-corrected chi connectivity index (χ4v) is 6.09. The zero-order chi connectivity index (χ0) is 33.2. The lowest BCUT2D eigenvalue weighted by atomic mass is 9.98. The molecule has 10 nitrogen and oxygen atoms in total. The van der Waals surface area contributed by atoms with E-state index in [1.165, 1.54) is 9.80 Å². The molecule has 1 saturated heterocycles. The van der Waals surface area contributed by atoms with E-state index in [4.69, 9.17) is 32.7 Å². The zero-order valence-electron chi connectivity index (χ0n) is 26.3. The number of rotatable bonds is 8. The molecule has 3 aromatic rings. The predicted molar refractivity (Wildman–Crippen MR) is 179 cm³/mol. The summed E-state index contributed by atoms with van der Waals surface area (Å²) in [6.45, 7) is 8.46. The minimum Gasteiger partial charge on any atom is -0.482 e. The second-order valence-corrected chi connectivity index (χ2v) is 13.2. The molecule has 0 spiro atoms. The lowest BCUT2D eigenvalue weighted by Crippen LogP contribution is -2.48. The summed E-state index contributed by atoms with van der Waals surface area (Å²) in [5, 5.41) is 10.4. The maximum Gasteiger partial charge on any atom is 0.412 e. The number of amides is 3. The Labute approximate surface area is 279 Å². The second-order valence-electron chi connectivity index (χ2n) is 12.4. The van der Waals surface area contributed by atoms with Crippen LogP contribution in [-0.2, 0) is 14.3 Å². The van der Waals surface area contributed by atoms with E-state index >= 15 is 0 Å². The standard InChI is InChI=1S/C34H38Cl2N4O6/c1-34(2,3)40(33(43)44)25-7-5-6-24(16-25)22-8-10-23(11-9-22)29(19-38-12-14-45-15-13-38)37(4)31(41)20-39-28-17-26(35)27(36)18-30(28)46-21-32(39)42/h5-11,16-18,29H,12-15,19-21H2,1-4H3,(H,43,44). The van der Waals surface area contributed by atoms with Gasteiger partial charge in [-0.3, -0.25) is 24.3 Å². The Bertz CT molecular complexity index is 1600. The normalized spacial score (nSPS) is 16.0. The van der Waals surface area contributed by atoms with Crippen LogP contribution in [0.4, 0.5) is 16.2 Å². The fraction of sp³-hybridized carbons (Fsp3) is 0.382. The van der Waals surface area contributed by atoms with Crippen molar-refractivity contribution in [3.63, 3.8) is 0 Å². The first-order chi connectivity index (χ1) is 21.8. The van der Waals surface area contributed by atoms with Crippen molar-refractivity contribution in [3.05, 3.63) is 76.3 Å². The highest BCUT2D eigenvalue weighted by molar-refractivity contribution is 6.42. The number of nitrogens with zero attached hydrogens (tertiary/aromatic N) is 4. The molecule has 0 aromatic heterocycles. The molecule has 244 valence electrons. The van der Waals surface area contributed by atoms with Crippen LogP contribution in [-0.4, -0.2) is 91.4 Å². The van der Waals surface area contributed by atoms with Crippen LogP contribution >= 0.6 is 23.2 Å². The van der Waals surface area contributed by atoms with E-state index in [-0.39, 0.29) is 36.0 Å². The van der Waals surface area contributed by atoms with Crippen molar-refractivity contribution in [2.24, 2.45) is 0 Å². The number of halogens is 2. The summed E-state index contributed by atoms with van der Waals surface area (Å²) < 4.78 is 11.1. The van der Waals surface area contributed by atoms with Crippen LogP contribution in [0.25, 0.3) is 11.1 Å². The Morgan fingerprint density at radius 1 is 0.978 bits per heavy atom. The molecule has 0 bridgehead atoms. The van der Waals surface area contributed by atoms with Gasteiger partial charge in [0.25, 0.3) is 5.91 Å². The third kappa shape index (κ3) is 7.41. The summed E-state index contributed by atoms with van der Waals surface area (Å²) in [5.74, 6) is -0.210. The van der Waals surface area contributed by atoms with Gasteiger partial charge in [-0.2, -0.15) is 0 Å². The number of carbonyl (C=O) groups excluding carboxylic acids is 2. The number of carboxylic acid groups (broad SMARTS) is 1. The van der Waals surface area contributed by atoms with Crippen LogP contribution in [0.5, 0.6) is 5.75 Å². The zero-order valence-corrected chi connectivity index (χ0v) is 27.8. The van der Waals surface area contributed by atoms with E-state index in [0.29, 0.717) is 41.9 Å². The minimum atomic E-state index is -1.02. The quantitative estimate of drug-likeness (QED) is 0.305. The van der Waals surface area contributed by atoms with Crippen molar-refractivity contribution in [3.8, 4) is 16.9 Å². The molecule has 0 radical (unpaired) electrons. The lowest BCUT2D eigenvalue weighted by molar-refractivity contribution is -0.133. The number of ether oxygens (including phenoxy) is 2. The highest BCUT2D eigenvalue weighted by Gasteiger charge is 2.32. The van der Waals surface area contributed by atoms with E-state index < -0.39 is 11.6 Å². The van der Waals surface area contributed by atoms with Gasteiger partial charge in [0.05, 0.1) is 35.0 Å². The van der Waals surface area contributed by atoms with Gasteiger partial charge in [0.15, 0.2) is 6.61 Å². The molecular formula is C34H38Cl2N4O6. The first kappa shape index (κ1) is 33.5. The number of hydrogen-bond donors (Lipinski definition) is 1. The van der Waals surface area contributed by atoms with Crippen molar-refractivity contribution >= 4 is 52.5 Å². The number of morpholine rings is 1. The molecular weight excluding hydrogens is 631 g/mol. The molecule has 2 aliphatic heterocycles. The Morgan fingerprint density at radius 3 is 2.30 bits per heavy atom. The van der Waals surface area contributed by atoms with Gasteiger partial charge in [-0.05, 0) is 55.7 Å². The molecule has 5 rings (SSSR count). The van der Waals surface area contributed by atoms with Crippen LogP contribution in [0.3, 0.4) is 0 Å². The molecule has 0 aliphatic carbocycles. The average molecular weight is 670 g/mol. The van der Waals surface area contributed by atoms with Gasteiger partial charge >= 0.3 is 6.09 Å². The van der Waals surface area contributed by atoms with Gasteiger partial charge in [-0.1, -0.05) is 59.6 Å². The Morgan fingerprint density at radius 2 is 1.65 bits per heavy atom. The molecule has 1 fully saturated rings. The topological polar surface area (TPSA) is 103 Å². The minimum absolute atomic E-state index is 0.192.